The van der Waals surface area contributed by atoms with Crippen LogP contribution in [0.5, 0.6) is 0 Å². The minimum Gasteiger partial charge on any atom is -0.453 e. The topological polar surface area (TPSA) is 26.3 Å². The summed E-state index contributed by atoms with van der Waals surface area (Å²) >= 11 is 5.07. The molecule has 0 spiro atoms. The van der Waals surface area contributed by atoms with Gasteiger partial charge in [0.05, 0.1) is 0 Å². The van der Waals surface area contributed by atoms with E-state index in [1.807, 2.05) is 0 Å². The van der Waals surface area contributed by atoms with Gasteiger partial charge < -0.3 is 4.74 Å². The van der Waals surface area contributed by atoms with Crippen LogP contribution in [-0.4, -0.2) is 23.4 Å². The van der Waals surface area contributed by atoms with Crippen LogP contribution in [0.3, 0.4) is 0 Å². The quantitative estimate of drug-likeness (QED) is 0.405. The SMILES string of the molecule is C=CCOC(=O)SCCS. The molecule has 4 heteroatoms. The molecule has 0 aliphatic carbocycles. The average Bonchev–Trinajstić information content (AvgIpc) is 1.97. The third kappa shape index (κ3) is 6.04. The van der Waals surface area contributed by atoms with Gasteiger partial charge in [0, 0.05) is 5.75 Å². The van der Waals surface area contributed by atoms with Crippen LogP contribution >= 0.6 is 24.4 Å². The molecule has 2 nitrogen and oxygen atoms in total. The predicted molar refractivity (Wildman–Crippen MR) is 47.9 cm³/mol. The molecule has 58 valence electrons. The van der Waals surface area contributed by atoms with Gasteiger partial charge in [0.1, 0.15) is 6.61 Å². The zero-order chi connectivity index (χ0) is 7.82. The number of thiol groups is 1. The van der Waals surface area contributed by atoms with Crippen molar-refractivity contribution in [2.24, 2.45) is 0 Å². The molecule has 0 amide bonds. The highest BCUT2D eigenvalue weighted by molar-refractivity contribution is 8.13. The van der Waals surface area contributed by atoms with Gasteiger partial charge in [-0.2, -0.15) is 12.6 Å². The molecule has 0 fully saturated rings. The van der Waals surface area contributed by atoms with Crippen molar-refractivity contribution in [1.82, 2.24) is 0 Å². The van der Waals surface area contributed by atoms with Crippen LogP contribution < -0.4 is 0 Å². The molecule has 0 saturated heterocycles. The van der Waals surface area contributed by atoms with Crippen molar-refractivity contribution in [1.29, 1.82) is 0 Å². The van der Waals surface area contributed by atoms with Crippen LogP contribution in [0.15, 0.2) is 12.7 Å². The molecule has 0 radical (unpaired) electrons. The van der Waals surface area contributed by atoms with E-state index >= 15 is 0 Å². The maximum Gasteiger partial charge on any atom is 0.367 e. The number of thioether (sulfide) groups is 1. The summed E-state index contributed by atoms with van der Waals surface area (Å²) in [7, 11) is 0. The van der Waals surface area contributed by atoms with Crippen molar-refractivity contribution >= 4 is 29.7 Å². The van der Waals surface area contributed by atoms with E-state index in [9.17, 15) is 4.79 Å². The second-order valence-corrected chi connectivity index (χ2v) is 2.90. The molecule has 0 aromatic rings. The summed E-state index contributed by atoms with van der Waals surface area (Å²) in [5.41, 5.74) is 0. The van der Waals surface area contributed by atoms with E-state index in [0.717, 1.165) is 11.8 Å². The standard InChI is InChI=1S/C6H10O2S2/c1-2-3-8-6(7)10-5-4-9/h2,9H,1,3-5H2. The molecule has 0 saturated carbocycles. The number of rotatable bonds is 4. The van der Waals surface area contributed by atoms with Gasteiger partial charge in [-0.05, 0) is 17.5 Å². The Morgan fingerprint density at radius 3 is 3.00 bits per heavy atom. The number of carbonyl (C=O) groups excluding carboxylic acids is 1. The van der Waals surface area contributed by atoms with E-state index < -0.39 is 0 Å². The molecule has 0 N–H and O–H groups in total. The van der Waals surface area contributed by atoms with Crippen molar-refractivity contribution in [2.45, 2.75) is 0 Å². The number of hydrogen-bond donors (Lipinski definition) is 1. The molecule has 0 aromatic carbocycles. The van der Waals surface area contributed by atoms with Crippen molar-refractivity contribution in [3.8, 4) is 0 Å². The average molecular weight is 178 g/mol. The van der Waals surface area contributed by atoms with E-state index in [-0.39, 0.29) is 5.30 Å². The minimum absolute atomic E-state index is 0.256. The molecule has 0 unspecified atom stereocenters. The molecule has 0 rings (SSSR count). The highest BCUT2D eigenvalue weighted by Gasteiger charge is 1.99. The summed E-state index contributed by atoms with van der Waals surface area (Å²) in [6.07, 6.45) is 1.54. The molecule has 0 aromatic heterocycles. The highest BCUT2D eigenvalue weighted by Crippen LogP contribution is 2.04. The largest absolute Gasteiger partial charge is 0.453 e. The third-order valence-corrected chi connectivity index (χ3v) is 1.92. The van der Waals surface area contributed by atoms with Crippen molar-refractivity contribution < 1.29 is 9.53 Å². The Kier molecular flexibility index (Phi) is 6.96. The molecular formula is C6H10O2S2. The first-order valence-electron chi connectivity index (χ1n) is 2.82. The van der Waals surface area contributed by atoms with Crippen molar-refractivity contribution in [3.05, 3.63) is 12.7 Å². The summed E-state index contributed by atoms with van der Waals surface area (Å²) in [6, 6.07) is 0. The monoisotopic (exact) mass is 178 g/mol. The maximum atomic E-state index is 10.6. The molecule has 0 atom stereocenters. The minimum atomic E-state index is -0.256. The van der Waals surface area contributed by atoms with Gasteiger partial charge in [-0.15, -0.1) is 0 Å². The fourth-order valence-corrected chi connectivity index (χ4v) is 0.981. The van der Waals surface area contributed by atoms with Gasteiger partial charge in [0.25, 0.3) is 0 Å². The van der Waals surface area contributed by atoms with Crippen LogP contribution in [0.25, 0.3) is 0 Å². The Morgan fingerprint density at radius 2 is 2.50 bits per heavy atom. The van der Waals surface area contributed by atoms with E-state index in [0.29, 0.717) is 18.1 Å². The van der Waals surface area contributed by atoms with Gasteiger partial charge in [-0.3, -0.25) is 0 Å². The lowest BCUT2D eigenvalue weighted by Crippen LogP contribution is -1.98. The van der Waals surface area contributed by atoms with Crippen LogP contribution in [0, 0.1) is 0 Å². The van der Waals surface area contributed by atoms with Gasteiger partial charge in [-0.25, -0.2) is 4.79 Å². The number of hydrogen-bond acceptors (Lipinski definition) is 4. The second kappa shape index (κ2) is 7.02. The fourth-order valence-electron chi connectivity index (χ4n) is 0.298. The normalized spacial score (nSPS) is 8.90. The van der Waals surface area contributed by atoms with Gasteiger partial charge >= 0.3 is 5.30 Å². The summed E-state index contributed by atoms with van der Waals surface area (Å²) in [5, 5.41) is -0.256. The maximum absolute atomic E-state index is 10.6. The first-order chi connectivity index (χ1) is 4.81. The van der Waals surface area contributed by atoms with E-state index in [4.69, 9.17) is 0 Å². The molecule has 0 aliphatic heterocycles. The Balaban J connectivity index is 3.16. The first kappa shape index (κ1) is 9.91. The van der Waals surface area contributed by atoms with E-state index in [1.54, 1.807) is 6.08 Å². The summed E-state index contributed by atoms with van der Waals surface area (Å²) in [5.74, 6) is 1.38. The smallest absolute Gasteiger partial charge is 0.367 e. The van der Waals surface area contributed by atoms with Gasteiger partial charge in [-0.1, -0.05) is 12.7 Å². The summed E-state index contributed by atoms with van der Waals surface area (Å²) in [4.78, 5) is 10.6. The van der Waals surface area contributed by atoms with Gasteiger partial charge in [0.15, 0.2) is 0 Å². The Morgan fingerprint density at radius 1 is 1.80 bits per heavy atom. The Bertz CT molecular complexity index is 114. The van der Waals surface area contributed by atoms with E-state index in [1.165, 1.54) is 0 Å². The summed E-state index contributed by atoms with van der Waals surface area (Å²) < 4.78 is 4.67. The van der Waals surface area contributed by atoms with Crippen LogP contribution in [0.1, 0.15) is 0 Å². The lowest BCUT2D eigenvalue weighted by Gasteiger charge is -1.97. The molecular weight excluding hydrogens is 168 g/mol. The van der Waals surface area contributed by atoms with E-state index in [2.05, 4.69) is 23.9 Å². The van der Waals surface area contributed by atoms with Crippen LogP contribution in [0.2, 0.25) is 0 Å². The fraction of sp³-hybridized carbons (Fsp3) is 0.500. The lowest BCUT2D eigenvalue weighted by atomic mass is 10.7. The first-order valence-corrected chi connectivity index (χ1v) is 4.44. The number of carbonyl (C=O) groups is 1. The zero-order valence-corrected chi connectivity index (χ0v) is 7.29. The molecule has 10 heavy (non-hydrogen) atoms. The Hall–Kier alpha value is -0.0900. The second-order valence-electron chi connectivity index (χ2n) is 1.42. The zero-order valence-electron chi connectivity index (χ0n) is 5.58. The molecule has 0 heterocycles. The van der Waals surface area contributed by atoms with Crippen LogP contribution in [-0.2, 0) is 4.74 Å². The van der Waals surface area contributed by atoms with Crippen molar-refractivity contribution in [2.75, 3.05) is 18.1 Å². The predicted octanol–water partition coefficient (Wildman–Crippen LogP) is 1.97. The lowest BCUT2D eigenvalue weighted by molar-refractivity contribution is 0.188. The van der Waals surface area contributed by atoms with Gasteiger partial charge in [0.2, 0.25) is 0 Å². The molecule has 0 aliphatic rings. The highest BCUT2D eigenvalue weighted by atomic mass is 32.2. The van der Waals surface area contributed by atoms with Crippen LogP contribution in [0.4, 0.5) is 4.79 Å². The summed E-state index contributed by atoms with van der Waals surface area (Å²) in [6.45, 7) is 3.70. The number of ether oxygens (including phenoxy) is 1. The Labute approximate surface area is 70.4 Å². The molecule has 0 bridgehead atoms. The third-order valence-electron chi connectivity index (χ3n) is 0.630. The van der Waals surface area contributed by atoms with Crippen molar-refractivity contribution in [3.63, 3.8) is 0 Å².